The largest absolute Gasteiger partial charge is 0.465 e. The lowest BCUT2D eigenvalue weighted by Crippen LogP contribution is -2.34. The maximum atomic E-state index is 11.9. The highest BCUT2D eigenvalue weighted by molar-refractivity contribution is 8.15. The van der Waals surface area contributed by atoms with Crippen LogP contribution >= 0.6 is 11.8 Å². The van der Waals surface area contributed by atoms with Gasteiger partial charge in [0.2, 0.25) is 0 Å². The van der Waals surface area contributed by atoms with Crippen LogP contribution in [0.15, 0.2) is 0 Å². The van der Waals surface area contributed by atoms with Crippen LogP contribution in [-0.2, 0) is 14.3 Å². The van der Waals surface area contributed by atoms with Crippen molar-refractivity contribution >= 4 is 22.8 Å². The average molecular weight is 260 g/mol. The van der Waals surface area contributed by atoms with E-state index in [0.29, 0.717) is 13.0 Å². The molecule has 0 aliphatic rings. The van der Waals surface area contributed by atoms with Crippen LogP contribution in [0.2, 0.25) is 0 Å². The van der Waals surface area contributed by atoms with Crippen LogP contribution in [-0.4, -0.2) is 22.4 Å². The number of ether oxygens (including phenoxy) is 1. The molecule has 0 aromatic rings. The molecule has 3 nitrogen and oxygen atoms in total. The van der Waals surface area contributed by atoms with E-state index >= 15 is 0 Å². The van der Waals surface area contributed by atoms with E-state index in [4.69, 9.17) is 4.74 Å². The summed E-state index contributed by atoms with van der Waals surface area (Å²) in [6.07, 6.45) is 5.10. The smallest absolute Gasteiger partial charge is 0.322 e. The van der Waals surface area contributed by atoms with Gasteiger partial charge < -0.3 is 4.74 Å². The fraction of sp³-hybridized carbons (Fsp3) is 0.846. The SMILES string of the molecule is CCCCCC[C@](C)(SC(C)=O)C(=O)OCC. The summed E-state index contributed by atoms with van der Waals surface area (Å²) in [6.45, 7) is 7.60. The normalized spacial score (nSPS) is 14.1. The fourth-order valence-electron chi connectivity index (χ4n) is 1.68. The molecule has 0 heterocycles. The number of esters is 1. The summed E-state index contributed by atoms with van der Waals surface area (Å²) in [5, 5.41) is -0.0314. The maximum Gasteiger partial charge on any atom is 0.322 e. The van der Waals surface area contributed by atoms with Crippen molar-refractivity contribution in [3.05, 3.63) is 0 Å². The summed E-state index contributed by atoms with van der Waals surface area (Å²) in [5.41, 5.74) is 0. The standard InChI is InChI=1S/C13H24O3S/c1-5-7-8-9-10-13(4,17-11(3)14)12(15)16-6-2/h5-10H2,1-4H3/t13-/m0/s1. The first kappa shape index (κ1) is 16.5. The number of carbonyl (C=O) groups excluding carboxylic acids is 2. The molecule has 0 fully saturated rings. The van der Waals surface area contributed by atoms with Gasteiger partial charge in [0.1, 0.15) is 4.75 Å². The predicted molar refractivity (Wildman–Crippen MR) is 72.1 cm³/mol. The van der Waals surface area contributed by atoms with Crippen LogP contribution in [0, 0.1) is 0 Å². The molecule has 0 aliphatic carbocycles. The second kappa shape index (κ2) is 8.56. The second-order valence-corrected chi connectivity index (χ2v) is 6.04. The molecule has 0 aromatic carbocycles. The minimum Gasteiger partial charge on any atom is -0.465 e. The molecule has 100 valence electrons. The molecule has 17 heavy (non-hydrogen) atoms. The lowest BCUT2D eigenvalue weighted by atomic mass is 10.0. The Morgan fingerprint density at radius 3 is 2.29 bits per heavy atom. The van der Waals surface area contributed by atoms with Crippen molar-refractivity contribution in [2.45, 2.75) is 64.5 Å². The zero-order chi connectivity index (χ0) is 13.3. The van der Waals surface area contributed by atoms with Gasteiger partial charge in [-0.15, -0.1) is 0 Å². The van der Waals surface area contributed by atoms with E-state index in [2.05, 4.69) is 6.92 Å². The molecule has 0 bridgehead atoms. The molecular formula is C13H24O3S. The lowest BCUT2D eigenvalue weighted by molar-refractivity contribution is -0.146. The van der Waals surface area contributed by atoms with E-state index in [9.17, 15) is 9.59 Å². The third-order valence-electron chi connectivity index (χ3n) is 2.58. The maximum absolute atomic E-state index is 11.9. The highest BCUT2D eigenvalue weighted by Crippen LogP contribution is 2.32. The minimum absolute atomic E-state index is 0.0314. The molecule has 0 spiro atoms. The highest BCUT2D eigenvalue weighted by Gasteiger charge is 2.36. The molecule has 0 amide bonds. The van der Waals surface area contributed by atoms with E-state index in [1.165, 1.54) is 13.3 Å². The topological polar surface area (TPSA) is 43.4 Å². The molecule has 1 atom stereocenters. The van der Waals surface area contributed by atoms with Crippen LogP contribution in [0.4, 0.5) is 0 Å². The highest BCUT2D eigenvalue weighted by atomic mass is 32.2. The number of carbonyl (C=O) groups is 2. The summed E-state index contributed by atoms with van der Waals surface area (Å²) >= 11 is 1.09. The Balaban J connectivity index is 4.38. The Kier molecular flexibility index (Phi) is 8.30. The van der Waals surface area contributed by atoms with Crippen LogP contribution in [0.3, 0.4) is 0 Å². The van der Waals surface area contributed by atoms with Crippen molar-refractivity contribution < 1.29 is 14.3 Å². The Morgan fingerprint density at radius 2 is 1.82 bits per heavy atom. The number of rotatable bonds is 8. The second-order valence-electron chi connectivity index (χ2n) is 4.36. The third kappa shape index (κ3) is 6.71. The van der Waals surface area contributed by atoms with Gasteiger partial charge in [0.25, 0.3) is 0 Å². The first-order valence-corrected chi connectivity index (χ1v) is 7.14. The zero-order valence-electron chi connectivity index (χ0n) is 11.4. The Morgan fingerprint density at radius 1 is 1.18 bits per heavy atom. The van der Waals surface area contributed by atoms with Crippen molar-refractivity contribution in [2.75, 3.05) is 6.61 Å². The van der Waals surface area contributed by atoms with E-state index in [0.717, 1.165) is 31.0 Å². The van der Waals surface area contributed by atoms with Crippen molar-refractivity contribution in [2.24, 2.45) is 0 Å². The Labute approximate surface area is 109 Å². The Hall–Kier alpha value is -0.510. The van der Waals surface area contributed by atoms with Gasteiger partial charge in [-0.1, -0.05) is 44.4 Å². The molecule has 0 radical (unpaired) electrons. The molecule has 0 saturated carbocycles. The first-order chi connectivity index (χ1) is 7.96. The van der Waals surface area contributed by atoms with Crippen LogP contribution in [0.1, 0.15) is 59.8 Å². The van der Waals surface area contributed by atoms with Gasteiger partial charge >= 0.3 is 5.97 Å². The van der Waals surface area contributed by atoms with Gasteiger partial charge in [-0.05, 0) is 20.3 Å². The van der Waals surface area contributed by atoms with Crippen LogP contribution in [0.5, 0.6) is 0 Å². The summed E-state index contributed by atoms with van der Waals surface area (Å²) in [4.78, 5) is 23.1. The van der Waals surface area contributed by atoms with Gasteiger partial charge in [-0.2, -0.15) is 0 Å². The van der Waals surface area contributed by atoms with Gasteiger partial charge in [-0.25, -0.2) is 0 Å². The quantitative estimate of drug-likeness (QED) is 0.494. The monoisotopic (exact) mass is 260 g/mol. The number of unbranched alkanes of at least 4 members (excludes halogenated alkanes) is 3. The van der Waals surface area contributed by atoms with Gasteiger partial charge in [0.15, 0.2) is 5.12 Å². The van der Waals surface area contributed by atoms with Gasteiger partial charge in [0.05, 0.1) is 6.61 Å². The minimum atomic E-state index is -0.713. The average Bonchev–Trinajstić information content (AvgIpc) is 2.24. The predicted octanol–water partition coefficient (Wildman–Crippen LogP) is 3.56. The van der Waals surface area contributed by atoms with Crippen LogP contribution < -0.4 is 0 Å². The van der Waals surface area contributed by atoms with Crippen molar-refractivity contribution in [1.29, 1.82) is 0 Å². The van der Waals surface area contributed by atoms with E-state index in [1.54, 1.807) is 6.92 Å². The molecule has 0 aromatic heterocycles. The number of thioether (sulfide) groups is 1. The van der Waals surface area contributed by atoms with Gasteiger partial charge in [-0.3, -0.25) is 9.59 Å². The lowest BCUT2D eigenvalue weighted by Gasteiger charge is -2.25. The first-order valence-electron chi connectivity index (χ1n) is 6.33. The van der Waals surface area contributed by atoms with Crippen LogP contribution in [0.25, 0.3) is 0 Å². The summed E-state index contributed by atoms with van der Waals surface area (Å²) in [6, 6.07) is 0. The molecule has 0 N–H and O–H groups in total. The van der Waals surface area contributed by atoms with Gasteiger partial charge in [0, 0.05) is 6.92 Å². The zero-order valence-corrected chi connectivity index (χ0v) is 12.2. The summed E-state index contributed by atoms with van der Waals surface area (Å²) in [7, 11) is 0. The van der Waals surface area contributed by atoms with Crippen molar-refractivity contribution in [3.63, 3.8) is 0 Å². The third-order valence-corrected chi connectivity index (χ3v) is 3.69. The van der Waals surface area contributed by atoms with E-state index in [-0.39, 0.29) is 11.1 Å². The number of hydrogen-bond donors (Lipinski definition) is 0. The molecule has 0 saturated heterocycles. The van der Waals surface area contributed by atoms with Crippen molar-refractivity contribution in [1.82, 2.24) is 0 Å². The molecular weight excluding hydrogens is 236 g/mol. The van der Waals surface area contributed by atoms with Crippen molar-refractivity contribution in [3.8, 4) is 0 Å². The van der Waals surface area contributed by atoms with E-state index in [1.807, 2.05) is 6.92 Å². The Bertz CT molecular complexity index is 253. The number of hydrogen-bond acceptors (Lipinski definition) is 4. The fourth-order valence-corrected chi connectivity index (χ4v) is 2.71. The van der Waals surface area contributed by atoms with E-state index < -0.39 is 4.75 Å². The molecule has 0 rings (SSSR count). The summed E-state index contributed by atoms with van der Waals surface area (Å²) in [5.74, 6) is -0.267. The summed E-state index contributed by atoms with van der Waals surface area (Å²) < 4.78 is 4.34. The molecule has 4 heteroatoms. The molecule has 0 unspecified atom stereocenters. The molecule has 0 aliphatic heterocycles.